The highest BCUT2D eigenvalue weighted by atomic mass is 19.4. The van der Waals surface area contributed by atoms with Crippen LogP contribution in [-0.2, 0) is 6.18 Å². The van der Waals surface area contributed by atoms with E-state index >= 15 is 0 Å². The van der Waals surface area contributed by atoms with E-state index in [0.29, 0.717) is 24.6 Å². The molecule has 2 fully saturated rings. The lowest BCUT2D eigenvalue weighted by Crippen LogP contribution is -2.40. The minimum atomic E-state index is -4.42. The van der Waals surface area contributed by atoms with E-state index < -0.39 is 11.7 Å². The van der Waals surface area contributed by atoms with Gasteiger partial charge in [-0.3, -0.25) is 4.79 Å². The van der Waals surface area contributed by atoms with Crippen LogP contribution in [-0.4, -0.2) is 39.9 Å². The monoisotopic (exact) mass is 466 g/mol. The Labute approximate surface area is 196 Å². The molecular formula is C26H25F3N4O. The fraction of sp³-hybridized carbons (Fsp3) is 0.346. The zero-order chi connectivity index (χ0) is 23.9. The second-order valence-electron chi connectivity index (χ2n) is 9.32. The summed E-state index contributed by atoms with van der Waals surface area (Å²) in [6.45, 7) is 2.95. The van der Waals surface area contributed by atoms with Crippen molar-refractivity contribution in [2.45, 2.75) is 38.4 Å². The number of hydrogen-bond donors (Lipinski definition) is 1. The van der Waals surface area contributed by atoms with Crippen LogP contribution in [0.1, 0.15) is 41.0 Å². The van der Waals surface area contributed by atoms with Crippen molar-refractivity contribution in [3.05, 3.63) is 77.7 Å². The third-order valence-corrected chi connectivity index (χ3v) is 6.76. The predicted octanol–water partition coefficient (Wildman–Crippen LogP) is 5.58. The van der Waals surface area contributed by atoms with Gasteiger partial charge in [0.25, 0.3) is 5.91 Å². The number of nitrogens with zero attached hydrogens (tertiary/aromatic N) is 3. The molecule has 3 aromatic rings. The van der Waals surface area contributed by atoms with Gasteiger partial charge in [0.1, 0.15) is 11.5 Å². The van der Waals surface area contributed by atoms with Crippen molar-refractivity contribution in [1.29, 1.82) is 0 Å². The van der Waals surface area contributed by atoms with Crippen molar-refractivity contribution in [3.63, 3.8) is 0 Å². The van der Waals surface area contributed by atoms with Gasteiger partial charge in [-0.05, 0) is 55.4 Å². The van der Waals surface area contributed by atoms with Gasteiger partial charge in [0.05, 0.1) is 5.56 Å². The predicted molar refractivity (Wildman–Crippen MR) is 123 cm³/mol. The molecule has 5 nitrogen and oxygen atoms in total. The molecule has 1 saturated heterocycles. The number of amides is 1. The van der Waals surface area contributed by atoms with Crippen LogP contribution in [0.4, 0.5) is 19.0 Å². The Balaban J connectivity index is 1.37. The number of rotatable bonds is 5. The molecule has 1 atom stereocenters. The normalized spacial score (nSPS) is 18.8. The largest absolute Gasteiger partial charge is 0.417 e. The van der Waals surface area contributed by atoms with Crippen molar-refractivity contribution in [1.82, 2.24) is 14.9 Å². The standard InChI is InChI=1S/C26H25F3N4O/c1-17-7-9-21(18-5-3-2-4-6-18)23(32-17)24(34)33-16-25(11-12-25)13-20(33)15-31-22-10-8-19(14-30-22)26(27,28)29/h2-10,14,20H,11-13,15-16H2,1H3,(H,30,31)/t20-/m0/s1. The maximum atomic E-state index is 13.8. The molecule has 2 aromatic heterocycles. The first-order valence-electron chi connectivity index (χ1n) is 11.4. The van der Waals surface area contributed by atoms with E-state index in [0.717, 1.165) is 48.3 Å². The van der Waals surface area contributed by atoms with Crippen LogP contribution in [0.3, 0.4) is 0 Å². The van der Waals surface area contributed by atoms with Gasteiger partial charge in [-0.1, -0.05) is 36.4 Å². The lowest BCUT2D eigenvalue weighted by molar-refractivity contribution is -0.137. The van der Waals surface area contributed by atoms with Gasteiger partial charge in [0.15, 0.2) is 0 Å². The molecule has 1 spiro atoms. The first kappa shape index (κ1) is 22.4. The number of carbonyl (C=O) groups is 1. The van der Waals surface area contributed by atoms with Gasteiger partial charge < -0.3 is 10.2 Å². The number of pyridine rings is 2. The number of halogens is 3. The Morgan fingerprint density at radius 3 is 2.53 bits per heavy atom. The number of alkyl halides is 3. The van der Waals surface area contributed by atoms with Crippen LogP contribution >= 0.6 is 0 Å². The minimum absolute atomic E-state index is 0.0926. The van der Waals surface area contributed by atoms with Crippen molar-refractivity contribution < 1.29 is 18.0 Å². The van der Waals surface area contributed by atoms with E-state index in [1.165, 1.54) is 6.07 Å². The Bertz CT molecular complexity index is 1190. The van der Waals surface area contributed by atoms with E-state index in [1.54, 1.807) is 0 Å². The summed E-state index contributed by atoms with van der Waals surface area (Å²) in [6, 6.07) is 15.8. The Morgan fingerprint density at radius 2 is 1.88 bits per heavy atom. The van der Waals surface area contributed by atoms with Gasteiger partial charge in [0, 0.05) is 36.6 Å². The fourth-order valence-corrected chi connectivity index (χ4v) is 4.72. The van der Waals surface area contributed by atoms with Gasteiger partial charge in [-0.15, -0.1) is 0 Å². The molecule has 1 aromatic carbocycles. The van der Waals surface area contributed by atoms with Crippen LogP contribution in [0.2, 0.25) is 0 Å². The van der Waals surface area contributed by atoms with Gasteiger partial charge in [-0.2, -0.15) is 13.2 Å². The van der Waals surface area contributed by atoms with E-state index in [4.69, 9.17) is 0 Å². The number of aromatic nitrogens is 2. The zero-order valence-electron chi connectivity index (χ0n) is 18.8. The third kappa shape index (κ3) is 4.49. The summed E-state index contributed by atoms with van der Waals surface area (Å²) in [5, 5.41) is 3.13. The second-order valence-corrected chi connectivity index (χ2v) is 9.32. The minimum Gasteiger partial charge on any atom is -0.368 e. The van der Waals surface area contributed by atoms with Crippen molar-refractivity contribution in [2.24, 2.45) is 5.41 Å². The van der Waals surface area contributed by atoms with Gasteiger partial charge in [-0.25, -0.2) is 9.97 Å². The Morgan fingerprint density at radius 1 is 1.12 bits per heavy atom. The van der Waals surface area contributed by atoms with Gasteiger partial charge in [0.2, 0.25) is 0 Å². The highest BCUT2D eigenvalue weighted by Crippen LogP contribution is 2.55. The van der Waals surface area contributed by atoms with Crippen LogP contribution in [0, 0.1) is 12.3 Å². The molecule has 2 aliphatic rings. The van der Waals surface area contributed by atoms with E-state index in [1.807, 2.05) is 54.3 Å². The Kier molecular flexibility index (Phi) is 5.54. The molecule has 1 saturated carbocycles. The smallest absolute Gasteiger partial charge is 0.368 e. The number of anilines is 1. The summed E-state index contributed by atoms with van der Waals surface area (Å²) in [5.74, 6) is 0.245. The number of likely N-dealkylation sites (tertiary alicyclic amines) is 1. The summed E-state index contributed by atoms with van der Waals surface area (Å²) in [4.78, 5) is 24.2. The summed E-state index contributed by atoms with van der Waals surface area (Å²) in [5.41, 5.74) is 2.29. The average molecular weight is 467 g/mol. The number of hydrogen-bond acceptors (Lipinski definition) is 4. The molecule has 0 bridgehead atoms. The lowest BCUT2D eigenvalue weighted by atomic mass is 10.0. The average Bonchev–Trinajstić information content (AvgIpc) is 3.48. The number of aryl methyl sites for hydroxylation is 1. The summed E-state index contributed by atoms with van der Waals surface area (Å²) < 4.78 is 38.5. The first-order valence-corrected chi connectivity index (χ1v) is 11.4. The molecule has 1 N–H and O–H groups in total. The van der Waals surface area contributed by atoms with E-state index in [9.17, 15) is 18.0 Å². The molecule has 34 heavy (non-hydrogen) atoms. The number of benzene rings is 1. The van der Waals surface area contributed by atoms with Crippen molar-refractivity contribution in [2.75, 3.05) is 18.4 Å². The highest BCUT2D eigenvalue weighted by Gasteiger charge is 2.53. The topological polar surface area (TPSA) is 58.1 Å². The maximum Gasteiger partial charge on any atom is 0.417 e. The van der Waals surface area contributed by atoms with E-state index in [-0.39, 0.29) is 17.4 Å². The third-order valence-electron chi connectivity index (χ3n) is 6.76. The maximum absolute atomic E-state index is 13.8. The highest BCUT2D eigenvalue weighted by molar-refractivity contribution is 5.99. The van der Waals surface area contributed by atoms with Crippen LogP contribution in [0.25, 0.3) is 11.1 Å². The first-order chi connectivity index (χ1) is 16.2. The second kappa shape index (κ2) is 8.42. The molecule has 1 amide bonds. The van der Waals surface area contributed by atoms with Crippen molar-refractivity contribution in [3.8, 4) is 11.1 Å². The van der Waals surface area contributed by atoms with Crippen LogP contribution in [0.15, 0.2) is 60.8 Å². The molecule has 1 aliphatic heterocycles. The fourth-order valence-electron chi connectivity index (χ4n) is 4.72. The summed E-state index contributed by atoms with van der Waals surface area (Å²) >= 11 is 0. The molecule has 8 heteroatoms. The zero-order valence-corrected chi connectivity index (χ0v) is 18.8. The summed E-state index contributed by atoms with van der Waals surface area (Å²) in [7, 11) is 0. The molecule has 1 aliphatic carbocycles. The number of nitrogens with one attached hydrogen (secondary N) is 1. The molecule has 3 heterocycles. The molecule has 0 unspecified atom stereocenters. The molecule has 0 radical (unpaired) electrons. The molecular weight excluding hydrogens is 441 g/mol. The van der Waals surface area contributed by atoms with Crippen LogP contribution < -0.4 is 5.32 Å². The Hall–Kier alpha value is -3.42. The SMILES string of the molecule is Cc1ccc(-c2ccccc2)c(C(=O)N2CC3(CC3)C[C@H]2CNc2ccc(C(F)(F)F)cn2)n1. The van der Waals surface area contributed by atoms with Crippen LogP contribution in [0.5, 0.6) is 0 Å². The quantitative estimate of drug-likeness (QED) is 0.534. The number of carbonyl (C=O) groups excluding carboxylic acids is 1. The molecule has 176 valence electrons. The molecule has 5 rings (SSSR count). The van der Waals surface area contributed by atoms with E-state index in [2.05, 4.69) is 15.3 Å². The summed E-state index contributed by atoms with van der Waals surface area (Å²) in [6.07, 6.45) is -0.572. The lowest BCUT2D eigenvalue weighted by Gasteiger charge is -2.26. The van der Waals surface area contributed by atoms with Gasteiger partial charge >= 0.3 is 6.18 Å². The van der Waals surface area contributed by atoms with Crippen molar-refractivity contribution >= 4 is 11.7 Å².